The van der Waals surface area contributed by atoms with E-state index in [1.807, 2.05) is 6.07 Å². The van der Waals surface area contributed by atoms with Gasteiger partial charge in [0.05, 0.1) is 0 Å². The zero-order valence-corrected chi connectivity index (χ0v) is 15.8. The van der Waals surface area contributed by atoms with Gasteiger partial charge in [-0.25, -0.2) is 0 Å². The van der Waals surface area contributed by atoms with Crippen molar-refractivity contribution in [3.8, 4) is 17.2 Å². The molecular weight excluding hydrogens is 352 g/mol. The molecule has 2 rings (SSSR count). The van der Waals surface area contributed by atoms with E-state index in [1.165, 1.54) is 25.3 Å². The van der Waals surface area contributed by atoms with Crippen LogP contribution in [0.15, 0.2) is 47.4 Å². The molecule has 0 spiro atoms. The smallest absolute Gasteiger partial charge is 0.298 e. The molecule has 0 unspecified atom stereocenters. The number of phenolic OH excluding ortho intramolecular Hbond substituents is 1. The Hall–Kier alpha value is -2.05. The minimum atomic E-state index is -4.53. The summed E-state index contributed by atoms with van der Waals surface area (Å²) in [6.07, 6.45) is 7.42. The molecule has 0 bridgehead atoms. The highest BCUT2D eigenvalue weighted by Gasteiger charge is 2.22. The molecule has 0 radical (unpaired) electrons. The summed E-state index contributed by atoms with van der Waals surface area (Å²) >= 11 is 0. The normalized spacial score (nSPS) is 11.5. The van der Waals surface area contributed by atoms with Crippen LogP contribution in [0.1, 0.15) is 51.0 Å². The quantitative estimate of drug-likeness (QED) is 0.431. The van der Waals surface area contributed by atoms with Crippen molar-refractivity contribution in [3.05, 3.63) is 48.0 Å². The van der Waals surface area contributed by atoms with Gasteiger partial charge in [0.1, 0.15) is 10.6 Å². The van der Waals surface area contributed by atoms with Crippen molar-refractivity contribution in [1.29, 1.82) is 0 Å². The number of rotatable bonds is 10. The number of ether oxygens (including phenoxy) is 1. The van der Waals surface area contributed by atoms with Crippen LogP contribution in [0, 0.1) is 0 Å². The molecule has 6 heteroatoms. The number of hydrogen-bond acceptors (Lipinski definition) is 4. The van der Waals surface area contributed by atoms with Crippen LogP contribution in [0.3, 0.4) is 0 Å². The Morgan fingerprint density at radius 2 is 1.58 bits per heavy atom. The summed E-state index contributed by atoms with van der Waals surface area (Å²) in [5, 5.41) is 10.4. The molecule has 142 valence electrons. The fourth-order valence-electron chi connectivity index (χ4n) is 2.82. The van der Waals surface area contributed by atoms with E-state index in [9.17, 15) is 18.1 Å². The standard InChI is InChI=1S/C20H26O5S/c1-2-3-4-5-6-8-11-16-14-15-18(26(22,23)24)19(21)20(16)25-17-12-9-7-10-13-17/h7,9-10,12-15,21H,2-6,8,11H2,1H3,(H,22,23,24). The summed E-state index contributed by atoms with van der Waals surface area (Å²) in [7, 11) is -4.53. The molecule has 5 nitrogen and oxygen atoms in total. The van der Waals surface area contributed by atoms with E-state index in [4.69, 9.17) is 4.74 Å². The molecule has 26 heavy (non-hydrogen) atoms. The maximum Gasteiger partial charge on any atom is 0.298 e. The topological polar surface area (TPSA) is 83.8 Å². The van der Waals surface area contributed by atoms with Gasteiger partial charge in [-0.2, -0.15) is 8.42 Å². The zero-order chi connectivity index (χ0) is 19.0. The third kappa shape index (κ3) is 5.75. The highest BCUT2D eigenvalue weighted by atomic mass is 32.2. The van der Waals surface area contributed by atoms with E-state index in [0.717, 1.165) is 19.3 Å². The van der Waals surface area contributed by atoms with E-state index >= 15 is 0 Å². The minimum absolute atomic E-state index is 0.0832. The van der Waals surface area contributed by atoms with Gasteiger partial charge in [-0.1, -0.05) is 63.3 Å². The molecule has 0 atom stereocenters. The molecule has 2 aromatic rings. The van der Waals surface area contributed by atoms with Gasteiger partial charge in [0, 0.05) is 0 Å². The Labute approximate surface area is 155 Å². The average molecular weight is 378 g/mol. The summed E-state index contributed by atoms with van der Waals surface area (Å²) in [4.78, 5) is -0.546. The Balaban J connectivity index is 2.21. The van der Waals surface area contributed by atoms with Crippen molar-refractivity contribution >= 4 is 10.1 Å². The third-order valence-electron chi connectivity index (χ3n) is 4.22. The molecule has 0 aliphatic heterocycles. The first-order valence-electron chi connectivity index (χ1n) is 8.98. The van der Waals surface area contributed by atoms with Crippen LogP contribution < -0.4 is 4.74 Å². The van der Waals surface area contributed by atoms with E-state index in [0.29, 0.717) is 17.7 Å². The molecule has 0 aliphatic carbocycles. The fourth-order valence-corrected chi connectivity index (χ4v) is 3.39. The second kappa shape index (κ2) is 9.59. The second-order valence-corrected chi connectivity index (χ2v) is 7.70. The van der Waals surface area contributed by atoms with Gasteiger partial charge >= 0.3 is 0 Å². The number of unbranched alkanes of at least 4 members (excludes halogenated alkanes) is 5. The fraction of sp³-hybridized carbons (Fsp3) is 0.400. The lowest BCUT2D eigenvalue weighted by molar-refractivity contribution is 0.391. The lowest BCUT2D eigenvalue weighted by Gasteiger charge is -2.15. The Morgan fingerprint density at radius 3 is 2.23 bits per heavy atom. The van der Waals surface area contributed by atoms with Crippen LogP contribution in [-0.2, 0) is 16.5 Å². The largest absolute Gasteiger partial charge is 0.503 e. The van der Waals surface area contributed by atoms with Crippen molar-refractivity contribution in [2.24, 2.45) is 0 Å². The van der Waals surface area contributed by atoms with Crippen molar-refractivity contribution in [2.45, 2.75) is 56.8 Å². The Kier molecular flexibility index (Phi) is 7.48. The number of aryl methyl sites for hydroxylation is 1. The molecular formula is C20H26O5S. The summed E-state index contributed by atoms with van der Waals surface area (Å²) in [6, 6.07) is 11.6. The first-order chi connectivity index (χ1) is 12.4. The predicted octanol–water partition coefficient (Wildman–Crippen LogP) is 5.33. The molecule has 0 aliphatic rings. The number of aromatic hydroxyl groups is 1. The van der Waals surface area contributed by atoms with Crippen LogP contribution in [-0.4, -0.2) is 18.1 Å². The summed E-state index contributed by atoms with van der Waals surface area (Å²) in [5.74, 6) is 0.0132. The SMILES string of the molecule is CCCCCCCCc1ccc(S(=O)(=O)O)c(O)c1Oc1ccccc1. The van der Waals surface area contributed by atoms with Crippen LogP contribution in [0.2, 0.25) is 0 Å². The van der Waals surface area contributed by atoms with E-state index in [1.54, 1.807) is 30.3 Å². The highest BCUT2D eigenvalue weighted by Crippen LogP contribution is 2.39. The summed E-state index contributed by atoms with van der Waals surface area (Å²) in [6.45, 7) is 2.17. The first kappa shape index (κ1) is 20.3. The van der Waals surface area contributed by atoms with Gasteiger partial charge in [-0.3, -0.25) is 4.55 Å². The van der Waals surface area contributed by atoms with Crippen molar-refractivity contribution in [3.63, 3.8) is 0 Å². The third-order valence-corrected chi connectivity index (χ3v) is 5.10. The highest BCUT2D eigenvalue weighted by molar-refractivity contribution is 7.86. The molecule has 0 amide bonds. The predicted molar refractivity (Wildman–Crippen MR) is 102 cm³/mol. The van der Waals surface area contributed by atoms with E-state index in [2.05, 4.69) is 6.92 Å². The Morgan fingerprint density at radius 1 is 0.923 bits per heavy atom. The van der Waals surface area contributed by atoms with Crippen molar-refractivity contribution in [1.82, 2.24) is 0 Å². The maximum atomic E-state index is 11.5. The van der Waals surface area contributed by atoms with E-state index in [-0.39, 0.29) is 5.75 Å². The summed E-state index contributed by atoms with van der Waals surface area (Å²) in [5.41, 5.74) is 0.717. The first-order valence-corrected chi connectivity index (χ1v) is 10.4. The number of hydrogen-bond donors (Lipinski definition) is 2. The maximum absolute atomic E-state index is 11.5. The van der Waals surface area contributed by atoms with Gasteiger partial charge in [0.15, 0.2) is 11.5 Å². The lowest BCUT2D eigenvalue weighted by Crippen LogP contribution is -2.02. The van der Waals surface area contributed by atoms with Crippen LogP contribution in [0.5, 0.6) is 17.2 Å². The second-order valence-electron chi connectivity index (χ2n) is 6.31. The van der Waals surface area contributed by atoms with E-state index < -0.39 is 20.8 Å². The lowest BCUT2D eigenvalue weighted by atomic mass is 10.0. The molecule has 0 saturated carbocycles. The van der Waals surface area contributed by atoms with Crippen LogP contribution >= 0.6 is 0 Å². The molecule has 0 fully saturated rings. The van der Waals surface area contributed by atoms with Crippen molar-refractivity contribution in [2.75, 3.05) is 0 Å². The van der Waals surface area contributed by atoms with Gasteiger partial charge in [0.25, 0.3) is 10.1 Å². The Bertz CT molecular complexity index is 800. The monoisotopic (exact) mass is 378 g/mol. The minimum Gasteiger partial charge on any atom is -0.503 e. The summed E-state index contributed by atoms with van der Waals surface area (Å²) < 4.78 is 38.0. The molecule has 0 aromatic heterocycles. The van der Waals surface area contributed by atoms with Gasteiger partial charge in [-0.15, -0.1) is 0 Å². The molecule has 0 heterocycles. The van der Waals surface area contributed by atoms with Crippen molar-refractivity contribution < 1.29 is 22.8 Å². The average Bonchev–Trinajstić information content (AvgIpc) is 2.60. The van der Waals surface area contributed by atoms with Crippen LogP contribution in [0.25, 0.3) is 0 Å². The number of phenols is 1. The van der Waals surface area contributed by atoms with Gasteiger partial charge in [0.2, 0.25) is 0 Å². The number of para-hydroxylation sites is 1. The zero-order valence-electron chi connectivity index (χ0n) is 15.0. The molecule has 2 N–H and O–H groups in total. The van der Waals surface area contributed by atoms with Gasteiger partial charge in [-0.05, 0) is 36.6 Å². The number of benzene rings is 2. The van der Waals surface area contributed by atoms with Gasteiger partial charge < -0.3 is 9.84 Å². The molecule has 2 aromatic carbocycles. The molecule has 0 saturated heterocycles. The van der Waals surface area contributed by atoms with Crippen LogP contribution in [0.4, 0.5) is 0 Å².